The minimum atomic E-state index is 0.415. The zero-order chi connectivity index (χ0) is 24.1. The number of rotatable bonds is 9. The van der Waals surface area contributed by atoms with E-state index in [1.54, 1.807) is 0 Å². The Labute approximate surface area is 219 Å². The molecule has 0 saturated heterocycles. The van der Waals surface area contributed by atoms with Crippen LogP contribution in [0.5, 0.6) is 5.75 Å². The highest BCUT2D eigenvalue weighted by Gasteiger charge is 2.22. The molecule has 0 spiro atoms. The molecule has 3 aromatic rings. The Bertz CT molecular complexity index is 1120. The average Bonchev–Trinajstić information content (AvgIpc) is 2.81. The molecular weight excluding hydrogens is 558 g/mol. The van der Waals surface area contributed by atoms with Crippen LogP contribution in [0.1, 0.15) is 38.2 Å². The molecule has 0 bridgehead atoms. The van der Waals surface area contributed by atoms with Crippen LogP contribution >= 0.6 is 31.9 Å². The van der Waals surface area contributed by atoms with Gasteiger partial charge in [-0.25, -0.2) is 4.98 Å². The van der Waals surface area contributed by atoms with E-state index in [-0.39, 0.29) is 0 Å². The molecule has 8 heteroatoms. The Hall–Kier alpha value is -1.90. The zero-order valence-electron chi connectivity index (χ0n) is 20.1. The van der Waals surface area contributed by atoms with E-state index in [2.05, 4.69) is 65.6 Å². The van der Waals surface area contributed by atoms with Crippen LogP contribution in [0.2, 0.25) is 0 Å². The molecule has 1 fully saturated rings. The summed E-state index contributed by atoms with van der Waals surface area (Å²) in [6.07, 6.45) is 4.65. The third-order valence-corrected chi connectivity index (χ3v) is 7.36. The summed E-state index contributed by atoms with van der Waals surface area (Å²) >= 11 is 7.22. The average molecular weight is 591 g/mol. The van der Waals surface area contributed by atoms with Crippen molar-refractivity contribution in [1.29, 1.82) is 0 Å². The predicted octanol–water partition coefficient (Wildman–Crippen LogP) is 6.38. The number of para-hydroxylation sites is 1. The standard InChI is InChI=1S/C26H33Br2N5O/c1-4-34-24-18(13-19(27)14-22(24)28)16-29-15-17-9-11-20(12-10-17)30-26-31-23-8-6-5-7-21(23)25(32-26)33(2)3/h5-8,13-14,17,20,29H,4,9-12,15-16H2,1-3H3,(H,30,31,32). The lowest BCUT2D eigenvalue weighted by molar-refractivity contribution is 0.318. The molecule has 1 aromatic heterocycles. The van der Waals surface area contributed by atoms with Gasteiger partial charge in [-0.3, -0.25) is 0 Å². The van der Waals surface area contributed by atoms with Crippen molar-refractivity contribution in [3.63, 3.8) is 0 Å². The number of nitrogens with zero attached hydrogens (tertiary/aromatic N) is 3. The van der Waals surface area contributed by atoms with Gasteiger partial charge >= 0.3 is 0 Å². The summed E-state index contributed by atoms with van der Waals surface area (Å²) in [6.45, 7) is 4.48. The van der Waals surface area contributed by atoms with E-state index in [0.717, 1.165) is 63.3 Å². The van der Waals surface area contributed by atoms with Crippen LogP contribution in [0.15, 0.2) is 45.3 Å². The predicted molar refractivity (Wildman–Crippen MR) is 148 cm³/mol. The second-order valence-electron chi connectivity index (χ2n) is 9.08. The largest absolute Gasteiger partial charge is 0.492 e. The van der Waals surface area contributed by atoms with Gasteiger partial charge in [-0.05, 0) is 85.3 Å². The van der Waals surface area contributed by atoms with Gasteiger partial charge in [0.1, 0.15) is 11.6 Å². The highest BCUT2D eigenvalue weighted by Crippen LogP contribution is 2.33. The quantitative estimate of drug-likeness (QED) is 0.301. The zero-order valence-corrected chi connectivity index (χ0v) is 23.2. The fourth-order valence-corrected chi connectivity index (χ4v) is 6.05. The van der Waals surface area contributed by atoms with Gasteiger partial charge in [0.2, 0.25) is 5.95 Å². The molecule has 1 aliphatic rings. The number of anilines is 2. The first kappa shape index (κ1) is 25.2. The molecule has 4 rings (SSSR count). The summed E-state index contributed by atoms with van der Waals surface area (Å²) in [7, 11) is 4.06. The van der Waals surface area contributed by atoms with Gasteiger partial charge < -0.3 is 20.3 Å². The van der Waals surface area contributed by atoms with Crippen LogP contribution in [-0.4, -0.2) is 43.3 Å². The van der Waals surface area contributed by atoms with E-state index >= 15 is 0 Å². The van der Waals surface area contributed by atoms with Crippen molar-refractivity contribution in [2.45, 2.75) is 45.2 Å². The number of hydrogen-bond acceptors (Lipinski definition) is 6. The topological polar surface area (TPSA) is 62.3 Å². The van der Waals surface area contributed by atoms with E-state index in [1.807, 2.05) is 39.2 Å². The van der Waals surface area contributed by atoms with E-state index in [9.17, 15) is 0 Å². The number of halogens is 2. The summed E-state index contributed by atoms with van der Waals surface area (Å²) in [5.41, 5.74) is 2.15. The molecular formula is C26H33Br2N5O. The normalized spacial score (nSPS) is 18.1. The molecule has 0 atom stereocenters. The molecule has 1 saturated carbocycles. The molecule has 1 heterocycles. The Morgan fingerprint density at radius 2 is 1.82 bits per heavy atom. The first-order valence-corrected chi connectivity index (χ1v) is 13.5. The summed E-state index contributed by atoms with van der Waals surface area (Å²) < 4.78 is 7.90. The van der Waals surface area contributed by atoms with Crippen molar-refractivity contribution < 1.29 is 4.74 Å². The maximum absolute atomic E-state index is 5.86. The molecule has 182 valence electrons. The molecule has 0 aliphatic heterocycles. The van der Waals surface area contributed by atoms with Crippen molar-refractivity contribution in [3.8, 4) is 5.75 Å². The van der Waals surface area contributed by atoms with E-state index < -0.39 is 0 Å². The SMILES string of the molecule is CCOc1c(Br)cc(Br)cc1CNCC1CCC(Nc2nc(N(C)C)c3ccccc3n2)CC1. The third-order valence-electron chi connectivity index (χ3n) is 6.31. The first-order chi connectivity index (χ1) is 16.4. The fourth-order valence-electron chi connectivity index (χ4n) is 4.62. The number of fused-ring (bicyclic) bond motifs is 1. The number of hydrogen-bond donors (Lipinski definition) is 2. The Morgan fingerprint density at radius 1 is 1.06 bits per heavy atom. The number of benzene rings is 2. The molecule has 0 amide bonds. The fraction of sp³-hybridized carbons (Fsp3) is 0.462. The van der Waals surface area contributed by atoms with Crippen LogP contribution in [0.3, 0.4) is 0 Å². The molecule has 2 aromatic carbocycles. The lowest BCUT2D eigenvalue weighted by Crippen LogP contribution is -2.31. The summed E-state index contributed by atoms with van der Waals surface area (Å²) in [4.78, 5) is 11.6. The molecule has 0 radical (unpaired) electrons. The van der Waals surface area contributed by atoms with Crippen molar-refractivity contribution in [3.05, 3.63) is 50.9 Å². The van der Waals surface area contributed by atoms with Gasteiger partial charge in [-0.15, -0.1) is 0 Å². The van der Waals surface area contributed by atoms with Crippen molar-refractivity contribution in [2.75, 3.05) is 37.5 Å². The number of aromatic nitrogens is 2. The van der Waals surface area contributed by atoms with E-state index in [0.29, 0.717) is 18.6 Å². The van der Waals surface area contributed by atoms with Gasteiger partial charge in [0.25, 0.3) is 0 Å². The number of nitrogens with one attached hydrogen (secondary N) is 2. The first-order valence-electron chi connectivity index (χ1n) is 12.0. The van der Waals surface area contributed by atoms with Crippen molar-refractivity contribution in [1.82, 2.24) is 15.3 Å². The van der Waals surface area contributed by atoms with Crippen LogP contribution in [-0.2, 0) is 6.54 Å². The Morgan fingerprint density at radius 3 is 2.56 bits per heavy atom. The highest BCUT2D eigenvalue weighted by atomic mass is 79.9. The van der Waals surface area contributed by atoms with Crippen LogP contribution < -0.4 is 20.3 Å². The van der Waals surface area contributed by atoms with Gasteiger partial charge in [0.15, 0.2) is 0 Å². The molecule has 6 nitrogen and oxygen atoms in total. The molecule has 34 heavy (non-hydrogen) atoms. The van der Waals surface area contributed by atoms with Gasteiger partial charge in [-0.2, -0.15) is 4.98 Å². The van der Waals surface area contributed by atoms with Crippen LogP contribution in [0, 0.1) is 5.92 Å². The van der Waals surface area contributed by atoms with Gasteiger partial charge in [0, 0.05) is 42.1 Å². The lowest BCUT2D eigenvalue weighted by atomic mass is 9.86. The third kappa shape index (κ3) is 6.20. The lowest BCUT2D eigenvalue weighted by Gasteiger charge is -2.29. The van der Waals surface area contributed by atoms with Crippen molar-refractivity contribution >= 4 is 54.5 Å². The maximum Gasteiger partial charge on any atom is 0.225 e. The maximum atomic E-state index is 5.86. The van der Waals surface area contributed by atoms with E-state index in [4.69, 9.17) is 14.7 Å². The molecule has 0 unspecified atom stereocenters. The second-order valence-corrected chi connectivity index (χ2v) is 10.9. The smallest absolute Gasteiger partial charge is 0.225 e. The monoisotopic (exact) mass is 589 g/mol. The summed E-state index contributed by atoms with van der Waals surface area (Å²) in [5, 5.41) is 8.35. The van der Waals surface area contributed by atoms with E-state index in [1.165, 1.54) is 18.4 Å². The van der Waals surface area contributed by atoms with Gasteiger partial charge in [0.05, 0.1) is 16.6 Å². The van der Waals surface area contributed by atoms with Crippen molar-refractivity contribution in [2.24, 2.45) is 5.92 Å². The Kier molecular flexibility index (Phi) is 8.66. The summed E-state index contributed by atoms with van der Waals surface area (Å²) in [5.74, 6) is 3.29. The summed E-state index contributed by atoms with van der Waals surface area (Å²) in [6, 6.07) is 12.8. The van der Waals surface area contributed by atoms with Crippen LogP contribution in [0.25, 0.3) is 10.9 Å². The molecule has 2 N–H and O–H groups in total. The van der Waals surface area contributed by atoms with Crippen LogP contribution in [0.4, 0.5) is 11.8 Å². The second kappa shape index (κ2) is 11.7. The number of ether oxygens (including phenoxy) is 1. The highest BCUT2D eigenvalue weighted by molar-refractivity contribution is 9.11. The van der Waals surface area contributed by atoms with Gasteiger partial charge in [-0.1, -0.05) is 28.1 Å². The Balaban J connectivity index is 1.30. The minimum Gasteiger partial charge on any atom is -0.492 e. The molecule has 1 aliphatic carbocycles. The minimum absolute atomic E-state index is 0.415.